The maximum Gasteiger partial charge on any atom is 0.0892 e. The summed E-state index contributed by atoms with van der Waals surface area (Å²) in [6, 6.07) is 0. The highest BCUT2D eigenvalue weighted by Gasteiger charge is 2.46. The molecule has 1 unspecified atom stereocenters. The Morgan fingerprint density at radius 3 is 1.63 bits per heavy atom. The topological polar surface area (TPSA) is 12.5 Å². The molecule has 230 valence electrons. The van der Waals surface area contributed by atoms with Gasteiger partial charge in [-0.3, -0.25) is 0 Å². The van der Waals surface area contributed by atoms with E-state index in [-0.39, 0.29) is 5.60 Å². The summed E-state index contributed by atoms with van der Waals surface area (Å²) < 4.78 is 5.70. The summed E-state index contributed by atoms with van der Waals surface area (Å²) in [6.07, 6.45) is 36.2. The van der Waals surface area contributed by atoms with Crippen LogP contribution in [-0.4, -0.2) is 11.7 Å². The molecule has 1 atom stereocenters. The first-order valence-electron chi connectivity index (χ1n) is 16.4. The minimum absolute atomic E-state index is 0.120. The predicted molar refractivity (Wildman–Crippen MR) is 185 cm³/mol. The molecule has 1 rings (SSSR count). The molecule has 1 aliphatic rings. The van der Waals surface area contributed by atoms with Gasteiger partial charge < -0.3 is 4.74 Å². The van der Waals surface area contributed by atoms with Gasteiger partial charge >= 0.3 is 0 Å². The van der Waals surface area contributed by atoms with Crippen molar-refractivity contribution in [2.45, 2.75) is 152 Å². The Balaban J connectivity index is 2.28. The van der Waals surface area contributed by atoms with Crippen LogP contribution in [0.3, 0.4) is 0 Å². The molecule has 1 saturated heterocycles. The van der Waals surface area contributed by atoms with Crippen LogP contribution in [0.1, 0.15) is 140 Å². The second kappa shape index (κ2) is 20.7. The lowest BCUT2D eigenvalue weighted by atomic mass is 10.0. The fraction of sp³-hybridized carbons (Fsp3) is 0.600. The molecule has 1 heterocycles. The average molecular weight is 561 g/mol. The van der Waals surface area contributed by atoms with E-state index in [1.807, 2.05) is 0 Å². The predicted octanol–water partition coefficient (Wildman–Crippen LogP) is 12.9. The van der Waals surface area contributed by atoms with Gasteiger partial charge in [0.15, 0.2) is 0 Å². The molecule has 1 aliphatic heterocycles. The Bertz CT molecular complexity index is 999. The van der Waals surface area contributed by atoms with Crippen molar-refractivity contribution in [1.29, 1.82) is 0 Å². The number of epoxide rings is 1. The van der Waals surface area contributed by atoms with Crippen LogP contribution in [0.4, 0.5) is 0 Å². The van der Waals surface area contributed by atoms with Crippen LogP contribution in [0.25, 0.3) is 0 Å². The molecule has 1 heteroatoms. The molecule has 0 amide bonds. The van der Waals surface area contributed by atoms with Crippen molar-refractivity contribution < 1.29 is 4.74 Å². The van der Waals surface area contributed by atoms with Gasteiger partial charge in [0.1, 0.15) is 0 Å². The van der Waals surface area contributed by atoms with Gasteiger partial charge in [0.2, 0.25) is 0 Å². The molecule has 0 saturated carbocycles. The second-order valence-corrected chi connectivity index (χ2v) is 13.5. The highest BCUT2D eigenvalue weighted by atomic mass is 16.6. The van der Waals surface area contributed by atoms with Crippen molar-refractivity contribution in [3.63, 3.8) is 0 Å². The quantitative estimate of drug-likeness (QED) is 0.0819. The summed E-state index contributed by atoms with van der Waals surface area (Å²) in [4.78, 5) is 0. The maximum atomic E-state index is 5.70. The van der Waals surface area contributed by atoms with E-state index in [1.54, 1.807) is 5.57 Å². The molecule has 0 N–H and O–H groups in total. The zero-order valence-electron chi connectivity index (χ0n) is 28.6. The van der Waals surface area contributed by atoms with E-state index in [0.717, 1.165) is 57.3 Å². The van der Waals surface area contributed by atoms with E-state index < -0.39 is 0 Å². The molecule has 0 aromatic heterocycles. The molecule has 0 bridgehead atoms. The van der Waals surface area contributed by atoms with Crippen LogP contribution in [-0.2, 0) is 4.74 Å². The Morgan fingerprint density at radius 1 is 0.634 bits per heavy atom. The minimum atomic E-state index is 0.120. The zero-order chi connectivity index (χ0) is 30.7. The summed E-state index contributed by atoms with van der Waals surface area (Å²) in [5.74, 6) is 0.814. The summed E-state index contributed by atoms with van der Waals surface area (Å²) >= 11 is 0. The number of rotatable bonds is 20. The third-order valence-corrected chi connectivity index (χ3v) is 8.00. The minimum Gasteiger partial charge on any atom is -0.367 e. The van der Waals surface area contributed by atoms with E-state index >= 15 is 0 Å². The van der Waals surface area contributed by atoms with E-state index in [0.29, 0.717) is 6.10 Å². The first kappa shape index (κ1) is 36.9. The third kappa shape index (κ3) is 20.4. The smallest absolute Gasteiger partial charge is 0.0892 e. The lowest BCUT2D eigenvalue weighted by Crippen LogP contribution is -2.02. The number of allylic oxidation sites excluding steroid dienone is 16. The molecule has 41 heavy (non-hydrogen) atoms. The SMILES string of the molecule is CC(C=CC=C(C)CCC=C(C)CCCC(C)C)=CC=CC=C(C)CCC=C(C)CCC=C(C)CCC1OC1(C)C. The van der Waals surface area contributed by atoms with Crippen molar-refractivity contribution in [3.8, 4) is 0 Å². The highest BCUT2D eigenvalue weighted by Crippen LogP contribution is 2.39. The van der Waals surface area contributed by atoms with Gasteiger partial charge in [0.25, 0.3) is 0 Å². The van der Waals surface area contributed by atoms with Crippen LogP contribution in [0.5, 0.6) is 0 Å². The van der Waals surface area contributed by atoms with Crippen molar-refractivity contribution >= 4 is 0 Å². The summed E-state index contributed by atoms with van der Waals surface area (Å²) in [5, 5.41) is 0. The fourth-order valence-electron chi connectivity index (χ4n) is 4.85. The standard InChI is InChI=1S/C40H64O/c1-32(2)18-13-21-35(5)24-16-27-36(6)25-14-22-33(3)19-11-12-20-34(4)23-15-26-37(7)28-17-29-38(8)30-31-39-40(9,10)41-39/h11-12,14,19-20,22,24-26,29,32,39H,13,15-18,21,23,27-28,30-31H2,1-10H3. The van der Waals surface area contributed by atoms with Gasteiger partial charge in [-0.15, -0.1) is 0 Å². The first-order chi connectivity index (χ1) is 19.4. The van der Waals surface area contributed by atoms with Crippen LogP contribution < -0.4 is 0 Å². The van der Waals surface area contributed by atoms with E-state index in [2.05, 4.69) is 130 Å². The van der Waals surface area contributed by atoms with E-state index in [9.17, 15) is 0 Å². The summed E-state index contributed by atoms with van der Waals surface area (Å²) in [5.41, 5.74) is 8.80. The summed E-state index contributed by atoms with van der Waals surface area (Å²) in [7, 11) is 0. The Labute approximate surface area is 256 Å². The van der Waals surface area contributed by atoms with Gasteiger partial charge in [-0.2, -0.15) is 0 Å². The van der Waals surface area contributed by atoms with E-state index in [4.69, 9.17) is 4.74 Å². The molecular weight excluding hydrogens is 496 g/mol. The Kier molecular flexibility index (Phi) is 18.6. The molecule has 1 fully saturated rings. The lowest BCUT2D eigenvalue weighted by Gasteiger charge is -2.05. The number of hydrogen-bond acceptors (Lipinski definition) is 1. The zero-order valence-corrected chi connectivity index (χ0v) is 28.6. The largest absolute Gasteiger partial charge is 0.367 e. The molecule has 0 aromatic rings. The van der Waals surface area contributed by atoms with Gasteiger partial charge in [-0.1, -0.05) is 114 Å². The number of ether oxygens (including phenoxy) is 1. The fourth-order valence-corrected chi connectivity index (χ4v) is 4.85. The van der Waals surface area contributed by atoms with Crippen molar-refractivity contribution in [2.24, 2.45) is 5.92 Å². The monoisotopic (exact) mass is 560 g/mol. The van der Waals surface area contributed by atoms with Gasteiger partial charge in [-0.25, -0.2) is 0 Å². The van der Waals surface area contributed by atoms with Crippen molar-refractivity contribution in [2.75, 3.05) is 0 Å². The van der Waals surface area contributed by atoms with Crippen molar-refractivity contribution in [1.82, 2.24) is 0 Å². The van der Waals surface area contributed by atoms with Crippen LogP contribution in [0.15, 0.2) is 94.2 Å². The molecule has 0 aliphatic carbocycles. The van der Waals surface area contributed by atoms with Gasteiger partial charge in [0.05, 0.1) is 11.7 Å². The van der Waals surface area contributed by atoms with Crippen molar-refractivity contribution in [3.05, 3.63) is 94.2 Å². The maximum absolute atomic E-state index is 5.70. The van der Waals surface area contributed by atoms with Gasteiger partial charge in [0, 0.05) is 0 Å². The van der Waals surface area contributed by atoms with Gasteiger partial charge in [-0.05, 0) is 126 Å². The lowest BCUT2D eigenvalue weighted by molar-refractivity contribution is 0.320. The summed E-state index contributed by atoms with van der Waals surface area (Å²) in [6.45, 7) is 22.4. The third-order valence-electron chi connectivity index (χ3n) is 8.00. The van der Waals surface area contributed by atoms with E-state index in [1.165, 1.54) is 47.1 Å². The molecule has 1 nitrogen and oxygen atoms in total. The first-order valence-corrected chi connectivity index (χ1v) is 16.4. The normalized spacial score (nSPS) is 19.3. The second-order valence-electron chi connectivity index (χ2n) is 13.5. The Morgan fingerprint density at radius 2 is 1.10 bits per heavy atom. The molecule has 0 spiro atoms. The Hall–Kier alpha value is -2.12. The molecule has 0 radical (unpaired) electrons. The number of hydrogen-bond donors (Lipinski definition) is 0. The van der Waals surface area contributed by atoms with Crippen LogP contribution >= 0.6 is 0 Å². The van der Waals surface area contributed by atoms with Crippen LogP contribution in [0, 0.1) is 5.92 Å². The molecular formula is C40H64O. The highest BCUT2D eigenvalue weighted by molar-refractivity contribution is 5.27. The molecule has 0 aromatic carbocycles. The average Bonchev–Trinajstić information content (AvgIpc) is 3.51. The van der Waals surface area contributed by atoms with Crippen LogP contribution in [0.2, 0.25) is 0 Å².